The standard InChI is InChI=1S/C11H22N2O2.ClH/c1-4-15-9(3)11(14)13-10-5-6-12-8(2)7-10;/h8-10,12H,4-7H2,1-3H3,(H,13,14);1H. The lowest BCUT2D eigenvalue weighted by atomic mass is 10.0. The molecule has 1 heterocycles. The van der Waals surface area contributed by atoms with Crippen LogP contribution in [0.15, 0.2) is 0 Å². The number of piperidine rings is 1. The van der Waals surface area contributed by atoms with Crippen LogP contribution in [0.4, 0.5) is 0 Å². The van der Waals surface area contributed by atoms with Gasteiger partial charge in [-0.05, 0) is 40.2 Å². The van der Waals surface area contributed by atoms with Gasteiger partial charge >= 0.3 is 0 Å². The zero-order valence-corrected chi connectivity index (χ0v) is 11.1. The van der Waals surface area contributed by atoms with Gasteiger partial charge in [0.15, 0.2) is 0 Å². The predicted molar refractivity (Wildman–Crippen MR) is 67.0 cm³/mol. The molecule has 16 heavy (non-hydrogen) atoms. The summed E-state index contributed by atoms with van der Waals surface area (Å²) in [6, 6.07) is 0.795. The van der Waals surface area contributed by atoms with E-state index in [-0.39, 0.29) is 24.4 Å². The molecule has 5 heteroatoms. The van der Waals surface area contributed by atoms with Crippen LogP contribution in [0.25, 0.3) is 0 Å². The van der Waals surface area contributed by atoms with Gasteiger partial charge in [-0.25, -0.2) is 0 Å². The Labute approximate surface area is 104 Å². The number of ether oxygens (including phenoxy) is 1. The summed E-state index contributed by atoms with van der Waals surface area (Å²) in [5.41, 5.74) is 0. The molecule has 4 nitrogen and oxygen atoms in total. The SMILES string of the molecule is CCOC(C)C(=O)NC1CCNC(C)C1.Cl. The Balaban J connectivity index is 0.00000225. The van der Waals surface area contributed by atoms with Gasteiger partial charge in [0.25, 0.3) is 0 Å². The maximum Gasteiger partial charge on any atom is 0.249 e. The topological polar surface area (TPSA) is 50.4 Å². The molecule has 1 fully saturated rings. The van der Waals surface area contributed by atoms with Gasteiger partial charge in [0.1, 0.15) is 6.10 Å². The van der Waals surface area contributed by atoms with Crippen LogP contribution in [0, 0.1) is 0 Å². The molecule has 0 spiro atoms. The third-order valence-corrected chi connectivity index (χ3v) is 2.76. The molecule has 0 radical (unpaired) electrons. The van der Waals surface area contributed by atoms with Gasteiger partial charge in [-0.1, -0.05) is 0 Å². The number of hydrogen-bond acceptors (Lipinski definition) is 3. The normalized spacial score (nSPS) is 26.7. The number of halogens is 1. The molecule has 0 saturated carbocycles. The summed E-state index contributed by atoms with van der Waals surface area (Å²) >= 11 is 0. The average Bonchev–Trinajstić information content (AvgIpc) is 2.18. The van der Waals surface area contributed by atoms with Gasteiger partial charge in [0.05, 0.1) is 0 Å². The quantitative estimate of drug-likeness (QED) is 0.786. The van der Waals surface area contributed by atoms with E-state index in [0.29, 0.717) is 18.7 Å². The average molecular weight is 251 g/mol. The summed E-state index contributed by atoms with van der Waals surface area (Å²) in [7, 11) is 0. The van der Waals surface area contributed by atoms with E-state index in [0.717, 1.165) is 19.4 Å². The third-order valence-electron chi connectivity index (χ3n) is 2.76. The summed E-state index contributed by atoms with van der Waals surface area (Å²) in [4.78, 5) is 11.7. The Kier molecular flexibility index (Phi) is 7.72. The van der Waals surface area contributed by atoms with Crippen LogP contribution < -0.4 is 10.6 Å². The highest BCUT2D eigenvalue weighted by atomic mass is 35.5. The van der Waals surface area contributed by atoms with E-state index < -0.39 is 0 Å². The third kappa shape index (κ3) is 5.14. The number of amides is 1. The zero-order valence-electron chi connectivity index (χ0n) is 10.3. The van der Waals surface area contributed by atoms with Crippen molar-refractivity contribution in [1.29, 1.82) is 0 Å². The van der Waals surface area contributed by atoms with E-state index in [1.807, 2.05) is 6.92 Å². The first kappa shape index (κ1) is 15.7. The summed E-state index contributed by atoms with van der Waals surface area (Å²) in [5.74, 6) is 0.0101. The van der Waals surface area contributed by atoms with E-state index in [1.165, 1.54) is 0 Å². The Morgan fingerprint density at radius 2 is 2.31 bits per heavy atom. The number of hydrogen-bond donors (Lipinski definition) is 2. The van der Waals surface area contributed by atoms with Gasteiger partial charge in [-0.15, -0.1) is 12.4 Å². The number of carbonyl (C=O) groups excluding carboxylic acids is 1. The minimum atomic E-state index is -0.333. The van der Waals surface area contributed by atoms with Crippen LogP contribution in [0.5, 0.6) is 0 Å². The van der Waals surface area contributed by atoms with Crippen molar-refractivity contribution in [1.82, 2.24) is 10.6 Å². The number of rotatable bonds is 4. The fourth-order valence-corrected chi connectivity index (χ4v) is 1.91. The molecular formula is C11H23ClN2O2. The van der Waals surface area contributed by atoms with Crippen molar-refractivity contribution in [2.45, 2.75) is 51.8 Å². The monoisotopic (exact) mass is 250 g/mol. The minimum absolute atomic E-state index is 0. The summed E-state index contributed by atoms with van der Waals surface area (Å²) in [6.45, 7) is 7.40. The molecule has 1 amide bonds. The fraction of sp³-hybridized carbons (Fsp3) is 0.909. The van der Waals surface area contributed by atoms with Crippen molar-refractivity contribution < 1.29 is 9.53 Å². The van der Waals surface area contributed by atoms with Crippen molar-refractivity contribution in [3.05, 3.63) is 0 Å². The molecule has 1 rings (SSSR count). The largest absolute Gasteiger partial charge is 0.369 e. The molecule has 1 aliphatic rings. The van der Waals surface area contributed by atoms with E-state index in [1.54, 1.807) is 6.92 Å². The van der Waals surface area contributed by atoms with Crippen LogP contribution in [-0.4, -0.2) is 37.2 Å². The second kappa shape index (κ2) is 7.87. The molecule has 3 unspecified atom stereocenters. The van der Waals surface area contributed by atoms with Gasteiger partial charge in [-0.3, -0.25) is 4.79 Å². The number of nitrogens with one attached hydrogen (secondary N) is 2. The van der Waals surface area contributed by atoms with Crippen molar-refractivity contribution in [3.63, 3.8) is 0 Å². The smallest absolute Gasteiger partial charge is 0.249 e. The maximum absolute atomic E-state index is 11.7. The first-order chi connectivity index (χ1) is 7.13. The predicted octanol–water partition coefficient (Wildman–Crippen LogP) is 1.09. The minimum Gasteiger partial charge on any atom is -0.369 e. The van der Waals surface area contributed by atoms with E-state index in [2.05, 4.69) is 17.6 Å². The maximum atomic E-state index is 11.7. The molecule has 3 atom stereocenters. The Hall–Kier alpha value is -0.320. The molecule has 0 aromatic rings. The second-order valence-electron chi connectivity index (χ2n) is 4.18. The summed E-state index contributed by atoms with van der Waals surface area (Å²) < 4.78 is 5.24. The van der Waals surface area contributed by atoms with E-state index in [9.17, 15) is 4.79 Å². The van der Waals surface area contributed by atoms with Crippen molar-refractivity contribution in [3.8, 4) is 0 Å². The van der Waals surface area contributed by atoms with Crippen molar-refractivity contribution >= 4 is 18.3 Å². The molecule has 96 valence electrons. The molecule has 0 aromatic heterocycles. The van der Waals surface area contributed by atoms with Gasteiger partial charge in [-0.2, -0.15) is 0 Å². The molecule has 0 aromatic carbocycles. The molecule has 2 N–H and O–H groups in total. The lowest BCUT2D eigenvalue weighted by molar-refractivity contribution is -0.132. The highest BCUT2D eigenvalue weighted by Gasteiger charge is 2.22. The van der Waals surface area contributed by atoms with Crippen LogP contribution in [-0.2, 0) is 9.53 Å². The van der Waals surface area contributed by atoms with Crippen molar-refractivity contribution in [2.75, 3.05) is 13.2 Å². The van der Waals surface area contributed by atoms with Crippen LogP contribution >= 0.6 is 12.4 Å². The van der Waals surface area contributed by atoms with Crippen LogP contribution in [0.3, 0.4) is 0 Å². The van der Waals surface area contributed by atoms with Gasteiger partial charge in [0.2, 0.25) is 5.91 Å². The van der Waals surface area contributed by atoms with Crippen LogP contribution in [0.2, 0.25) is 0 Å². The Morgan fingerprint density at radius 3 is 2.88 bits per heavy atom. The summed E-state index contributed by atoms with van der Waals surface area (Å²) in [5, 5.41) is 6.39. The Morgan fingerprint density at radius 1 is 1.62 bits per heavy atom. The summed E-state index contributed by atoms with van der Waals surface area (Å²) in [6.07, 6.45) is 1.68. The molecular weight excluding hydrogens is 228 g/mol. The highest BCUT2D eigenvalue weighted by molar-refractivity contribution is 5.85. The fourth-order valence-electron chi connectivity index (χ4n) is 1.91. The molecule has 1 aliphatic heterocycles. The number of carbonyl (C=O) groups is 1. The lowest BCUT2D eigenvalue weighted by Gasteiger charge is -2.29. The van der Waals surface area contributed by atoms with Crippen molar-refractivity contribution in [2.24, 2.45) is 0 Å². The van der Waals surface area contributed by atoms with Gasteiger partial charge in [0, 0.05) is 18.7 Å². The van der Waals surface area contributed by atoms with E-state index >= 15 is 0 Å². The highest BCUT2D eigenvalue weighted by Crippen LogP contribution is 2.08. The Bertz CT molecular complexity index is 214. The first-order valence-corrected chi connectivity index (χ1v) is 5.78. The zero-order chi connectivity index (χ0) is 11.3. The lowest BCUT2D eigenvalue weighted by Crippen LogP contribution is -2.49. The van der Waals surface area contributed by atoms with Crippen LogP contribution in [0.1, 0.15) is 33.6 Å². The second-order valence-corrected chi connectivity index (χ2v) is 4.18. The molecule has 0 bridgehead atoms. The van der Waals surface area contributed by atoms with Gasteiger partial charge < -0.3 is 15.4 Å². The first-order valence-electron chi connectivity index (χ1n) is 5.78. The van der Waals surface area contributed by atoms with E-state index in [4.69, 9.17) is 4.74 Å². The molecule has 0 aliphatic carbocycles. The molecule has 1 saturated heterocycles.